The molecular weight excluding hydrogens is 264 g/mol. The monoisotopic (exact) mass is 286 g/mol. The summed E-state index contributed by atoms with van der Waals surface area (Å²) in [6, 6.07) is 3.65. The highest BCUT2D eigenvalue weighted by Gasteiger charge is 2.19. The molecule has 0 spiro atoms. The number of amides is 2. The number of nitrogens with one attached hydrogen (secondary N) is 2. The van der Waals surface area contributed by atoms with Gasteiger partial charge >= 0.3 is 6.03 Å². The summed E-state index contributed by atoms with van der Waals surface area (Å²) in [6.07, 6.45) is 11.0. The SMILES string of the molecule is C#C[C@@H](C)NC(=O)NCC1CCN(c2ccncc2)CC1. The predicted molar refractivity (Wildman–Crippen MR) is 84.0 cm³/mol. The van der Waals surface area contributed by atoms with Crippen molar-refractivity contribution in [1.82, 2.24) is 15.6 Å². The number of aromatic nitrogens is 1. The van der Waals surface area contributed by atoms with Gasteiger partial charge < -0.3 is 15.5 Å². The highest BCUT2D eigenvalue weighted by atomic mass is 16.2. The fourth-order valence-corrected chi connectivity index (χ4v) is 2.48. The van der Waals surface area contributed by atoms with E-state index in [4.69, 9.17) is 6.42 Å². The number of terminal acetylenes is 1. The van der Waals surface area contributed by atoms with Crippen LogP contribution in [0.3, 0.4) is 0 Å². The maximum absolute atomic E-state index is 11.6. The summed E-state index contributed by atoms with van der Waals surface area (Å²) < 4.78 is 0. The minimum Gasteiger partial charge on any atom is -0.371 e. The number of anilines is 1. The van der Waals surface area contributed by atoms with Gasteiger partial charge in [-0.25, -0.2) is 4.79 Å². The average molecular weight is 286 g/mol. The molecule has 0 unspecified atom stereocenters. The average Bonchev–Trinajstić information content (AvgIpc) is 2.54. The number of carbonyl (C=O) groups is 1. The summed E-state index contributed by atoms with van der Waals surface area (Å²) in [5.41, 5.74) is 1.22. The van der Waals surface area contributed by atoms with Crippen molar-refractivity contribution in [2.24, 2.45) is 5.92 Å². The Labute approximate surface area is 126 Å². The lowest BCUT2D eigenvalue weighted by molar-refractivity contribution is 0.236. The molecule has 2 rings (SSSR count). The van der Waals surface area contributed by atoms with Gasteiger partial charge in [-0.3, -0.25) is 4.98 Å². The summed E-state index contributed by atoms with van der Waals surface area (Å²) in [7, 11) is 0. The molecule has 5 heteroatoms. The Morgan fingerprint density at radius 3 is 2.76 bits per heavy atom. The number of hydrogen-bond acceptors (Lipinski definition) is 3. The van der Waals surface area contributed by atoms with E-state index in [9.17, 15) is 4.79 Å². The number of urea groups is 1. The molecule has 1 aromatic rings. The van der Waals surface area contributed by atoms with E-state index in [0.29, 0.717) is 12.5 Å². The van der Waals surface area contributed by atoms with Crippen molar-refractivity contribution in [3.05, 3.63) is 24.5 Å². The third kappa shape index (κ3) is 4.67. The van der Waals surface area contributed by atoms with Crippen LogP contribution >= 0.6 is 0 Å². The molecule has 1 aliphatic rings. The van der Waals surface area contributed by atoms with Crippen LogP contribution in [-0.4, -0.2) is 36.7 Å². The second-order valence-corrected chi connectivity index (χ2v) is 5.38. The number of carbonyl (C=O) groups excluding carboxylic acids is 1. The van der Waals surface area contributed by atoms with Gasteiger partial charge in [0.1, 0.15) is 0 Å². The van der Waals surface area contributed by atoms with E-state index in [1.807, 2.05) is 24.5 Å². The fraction of sp³-hybridized carbons (Fsp3) is 0.500. The normalized spacial score (nSPS) is 16.9. The molecule has 1 atom stereocenters. The van der Waals surface area contributed by atoms with E-state index in [-0.39, 0.29) is 12.1 Å². The van der Waals surface area contributed by atoms with E-state index in [1.165, 1.54) is 5.69 Å². The maximum atomic E-state index is 11.6. The van der Waals surface area contributed by atoms with Crippen LogP contribution < -0.4 is 15.5 Å². The molecule has 0 radical (unpaired) electrons. The molecule has 0 aliphatic carbocycles. The first kappa shape index (κ1) is 15.2. The van der Waals surface area contributed by atoms with Gasteiger partial charge in [-0.1, -0.05) is 5.92 Å². The molecule has 2 heterocycles. The second kappa shape index (κ2) is 7.53. The molecule has 1 fully saturated rings. The van der Waals surface area contributed by atoms with Gasteiger partial charge in [-0.05, 0) is 37.8 Å². The summed E-state index contributed by atoms with van der Waals surface area (Å²) >= 11 is 0. The Balaban J connectivity index is 1.70. The third-order valence-electron chi connectivity index (χ3n) is 3.79. The molecule has 0 bridgehead atoms. The van der Waals surface area contributed by atoms with E-state index < -0.39 is 0 Å². The van der Waals surface area contributed by atoms with Crippen LogP contribution in [-0.2, 0) is 0 Å². The lowest BCUT2D eigenvalue weighted by atomic mass is 9.96. The van der Waals surface area contributed by atoms with E-state index >= 15 is 0 Å². The molecule has 112 valence electrons. The molecule has 1 saturated heterocycles. The summed E-state index contributed by atoms with van der Waals surface area (Å²) in [5, 5.41) is 5.60. The number of hydrogen-bond donors (Lipinski definition) is 2. The minimum absolute atomic E-state index is 0.183. The van der Waals surface area contributed by atoms with Crippen molar-refractivity contribution in [2.75, 3.05) is 24.5 Å². The molecule has 1 aliphatic heterocycles. The predicted octanol–water partition coefficient (Wildman–Crippen LogP) is 1.62. The Bertz CT molecular complexity index is 489. The van der Waals surface area contributed by atoms with Crippen molar-refractivity contribution in [3.8, 4) is 12.3 Å². The quantitative estimate of drug-likeness (QED) is 0.827. The zero-order chi connectivity index (χ0) is 15.1. The van der Waals surface area contributed by atoms with Crippen molar-refractivity contribution < 1.29 is 4.79 Å². The van der Waals surface area contributed by atoms with Gasteiger partial charge in [0.2, 0.25) is 0 Å². The number of piperidine rings is 1. The zero-order valence-electron chi connectivity index (χ0n) is 12.4. The topological polar surface area (TPSA) is 57.3 Å². The zero-order valence-corrected chi connectivity index (χ0v) is 12.4. The highest BCUT2D eigenvalue weighted by molar-refractivity contribution is 5.74. The number of rotatable bonds is 4. The molecule has 0 aromatic carbocycles. The van der Waals surface area contributed by atoms with Crippen molar-refractivity contribution >= 4 is 11.7 Å². The second-order valence-electron chi connectivity index (χ2n) is 5.38. The molecule has 21 heavy (non-hydrogen) atoms. The molecule has 0 saturated carbocycles. The molecule has 1 aromatic heterocycles. The smallest absolute Gasteiger partial charge is 0.315 e. The maximum Gasteiger partial charge on any atom is 0.315 e. The number of pyridine rings is 1. The standard InChI is InChI=1S/C16H22N4O/c1-3-13(2)19-16(21)18-12-14-6-10-20(11-7-14)15-4-8-17-9-5-15/h1,4-5,8-9,13-14H,6-7,10-12H2,2H3,(H2,18,19,21)/t13-/m1/s1. The first-order valence-electron chi connectivity index (χ1n) is 7.34. The Hall–Kier alpha value is -2.22. The lowest BCUT2D eigenvalue weighted by Gasteiger charge is -2.33. The Kier molecular flexibility index (Phi) is 5.44. The first-order valence-corrected chi connectivity index (χ1v) is 7.34. The Morgan fingerprint density at radius 1 is 1.48 bits per heavy atom. The first-order chi connectivity index (χ1) is 10.2. The number of nitrogens with zero attached hydrogens (tertiary/aromatic N) is 2. The van der Waals surface area contributed by atoms with Gasteiger partial charge in [-0.2, -0.15) is 0 Å². The van der Waals surface area contributed by atoms with Gasteiger partial charge in [0.05, 0.1) is 6.04 Å². The van der Waals surface area contributed by atoms with Crippen LogP contribution in [0.25, 0.3) is 0 Å². The van der Waals surface area contributed by atoms with Gasteiger partial charge in [0, 0.05) is 37.7 Å². The van der Waals surface area contributed by atoms with Crippen LogP contribution in [0.5, 0.6) is 0 Å². The largest absolute Gasteiger partial charge is 0.371 e. The lowest BCUT2D eigenvalue weighted by Crippen LogP contribution is -2.44. The van der Waals surface area contributed by atoms with Crippen LogP contribution in [0.15, 0.2) is 24.5 Å². The van der Waals surface area contributed by atoms with Crippen LogP contribution in [0.2, 0.25) is 0 Å². The van der Waals surface area contributed by atoms with E-state index in [1.54, 1.807) is 6.92 Å². The van der Waals surface area contributed by atoms with Crippen LogP contribution in [0.4, 0.5) is 10.5 Å². The van der Waals surface area contributed by atoms with Crippen LogP contribution in [0, 0.1) is 18.3 Å². The Morgan fingerprint density at radius 2 is 2.14 bits per heavy atom. The van der Waals surface area contributed by atoms with Gasteiger partial charge in [0.15, 0.2) is 0 Å². The minimum atomic E-state index is -0.237. The van der Waals surface area contributed by atoms with E-state index in [2.05, 4.69) is 26.4 Å². The van der Waals surface area contributed by atoms with Gasteiger partial charge in [0.25, 0.3) is 0 Å². The van der Waals surface area contributed by atoms with Crippen LogP contribution in [0.1, 0.15) is 19.8 Å². The van der Waals surface area contributed by atoms with Crippen molar-refractivity contribution in [1.29, 1.82) is 0 Å². The van der Waals surface area contributed by atoms with Crippen molar-refractivity contribution in [2.45, 2.75) is 25.8 Å². The van der Waals surface area contributed by atoms with E-state index in [0.717, 1.165) is 25.9 Å². The molecule has 2 amide bonds. The highest BCUT2D eigenvalue weighted by Crippen LogP contribution is 2.22. The van der Waals surface area contributed by atoms with Gasteiger partial charge in [-0.15, -0.1) is 6.42 Å². The van der Waals surface area contributed by atoms with Crippen molar-refractivity contribution in [3.63, 3.8) is 0 Å². The molecule has 5 nitrogen and oxygen atoms in total. The summed E-state index contributed by atoms with van der Waals surface area (Å²) in [6.45, 7) is 4.51. The fourth-order valence-electron chi connectivity index (χ4n) is 2.48. The summed E-state index contributed by atoms with van der Waals surface area (Å²) in [4.78, 5) is 18.0. The summed E-state index contributed by atoms with van der Waals surface area (Å²) in [5.74, 6) is 3.00. The molecular formula is C16H22N4O. The molecule has 2 N–H and O–H groups in total. The third-order valence-corrected chi connectivity index (χ3v) is 3.79.